The molecule has 3 heterocycles. The van der Waals surface area contributed by atoms with Crippen molar-refractivity contribution in [1.29, 1.82) is 0 Å². The number of hydrogen-bond donors (Lipinski definition) is 0. The first-order valence-corrected chi connectivity index (χ1v) is 10.7. The summed E-state index contributed by atoms with van der Waals surface area (Å²) in [7, 11) is 0. The number of fused-ring (bicyclic) bond motifs is 3. The molecule has 1 aliphatic rings. The second-order valence-electron chi connectivity index (χ2n) is 7.53. The maximum atomic E-state index is 13.5. The predicted molar refractivity (Wildman–Crippen MR) is 122 cm³/mol. The molecule has 0 radical (unpaired) electrons. The van der Waals surface area contributed by atoms with Crippen molar-refractivity contribution in [2.45, 2.75) is 13.0 Å². The van der Waals surface area contributed by atoms with Crippen LogP contribution in [0.15, 0.2) is 59.5 Å². The van der Waals surface area contributed by atoms with Crippen LogP contribution in [0.25, 0.3) is 11.3 Å². The Bertz CT molecular complexity index is 1500. The minimum atomic E-state index is -0.574. The number of nitro groups is 1. The Kier molecular flexibility index (Phi) is 5.15. The number of hydrogen-bond acceptors (Lipinski definition) is 5. The molecule has 9 nitrogen and oxygen atoms in total. The van der Waals surface area contributed by atoms with E-state index in [4.69, 9.17) is 23.2 Å². The van der Waals surface area contributed by atoms with E-state index in [0.29, 0.717) is 34.1 Å². The normalized spacial score (nSPS) is 13.2. The number of carbonyl (C=O) groups excluding carboxylic acids is 1. The molecule has 2 aromatic heterocycles. The first-order chi connectivity index (χ1) is 15.9. The van der Waals surface area contributed by atoms with E-state index in [-0.39, 0.29) is 40.8 Å². The summed E-state index contributed by atoms with van der Waals surface area (Å²) < 4.78 is 2.69. The summed E-state index contributed by atoms with van der Waals surface area (Å²) in [5, 5.41) is 16.5. The first kappa shape index (κ1) is 21.2. The van der Waals surface area contributed by atoms with Crippen molar-refractivity contribution in [2.75, 3.05) is 6.54 Å². The molecule has 0 saturated carbocycles. The van der Waals surface area contributed by atoms with Gasteiger partial charge in [-0.05, 0) is 36.8 Å². The molecule has 0 spiro atoms. The van der Waals surface area contributed by atoms with Crippen molar-refractivity contribution >= 4 is 40.4 Å². The molecule has 5 rings (SSSR count). The first-order valence-electron chi connectivity index (χ1n) is 9.95. The minimum Gasteiger partial charge on any atom is -0.332 e. The summed E-state index contributed by atoms with van der Waals surface area (Å²) in [4.78, 5) is 39.3. The highest BCUT2D eigenvalue weighted by atomic mass is 35.5. The van der Waals surface area contributed by atoms with Crippen LogP contribution < -0.4 is 5.56 Å². The summed E-state index contributed by atoms with van der Waals surface area (Å²) in [5.41, 5.74) is 1.12. The Hall–Kier alpha value is -3.69. The molecule has 0 fully saturated rings. The third-order valence-electron chi connectivity index (χ3n) is 5.64. The molecule has 166 valence electrons. The van der Waals surface area contributed by atoms with Crippen LogP contribution >= 0.6 is 23.2 Å². The maximum absolute atomic E-state index is 13.5. The van der Waals surface area contributed by atoms with Crippen LogP contribution in [0.5, 0.6) is 0 Å². The highest BCUT2D eigenvalue weighted by Gasteiger charge is 2.31. The average Bonchev–Trinajstić information content (AvgIpc) is 3.26. The van der Waals surface area contributed by atoms with Gasteiger partial charge in [-0.15, -0.1) is 0 Å². The van der Waals surface area contributed by atoms with E-state index in [9.17, 15) is 19.7 Å². The second kappa shape index (κ2) is 8.02. The summed E-state index contributed by atoms with van der Waals surface area (Å²) >= 11 is 12.0. The third-order valence-corrected chi connectivity index (χ3v) is 6.38. The second-order valence-corrected chi connectivity index (χ2v) is 8.34. The van der Waals surface area contributed by atoms with Crippen LogP contribution in [-0.4, -0.2) is 36.5 Å². The van der Waals surface area contributed by atoms with Gasteiger partial charge in [-0.3, -0.25) is 24.3 Å². The van der Waals surface area contributed by atoms with Crippen LogP contribution in [0.2, 0.25) is 10.0 Å². The topological polar surface area (TPSA) is 103 Å². The van der Waals surface area contributed by atoms with Gasteiger partial charge in [0.05, 0.1) is 32.9 Å². The molecule has 0 atom stereocenters. The zero-order chi connectivity index (χ0) is 23.3. The van der Waals surface area contributed by atoms with E-state index >= 15 is 0 Å². The highest BCUT2D eigenvalue weighted by molar-refractivity contribution is 6.42. The van der Waals surface area contributed by atoms with Crippen LogP contribution in [0.1, 0.15) is 21.6 Å². The Morgan fingerprint density at radius 2 is 1.85 bits per heavy atom. The van der Waals surface area contributed by atoms with Crippen molar-refractivity contribution < 1.29 is 9.72 Å². The Labute approximate surface area is 196 Å². The van der Waals surface area contributed by atoms with E-state index < -0.39 is 4.92 Å². The van der Waals surface area contributed by atoms with Crippen molar-refractivity contribution in [3.63, 3.8) is 0 Å². The summed E-state index contributed by atoms with van der Waals surface area (Å²) in [6.45, 7) is 0.361. The van der Waals surface area contributed by atoms with E-state index in [0.717, 1.165) is 6.20 Å². The highest BCUT2D eigenvalue weighted by Crippen LogP contribution is 2.28. The average molecular weight is 484 g/mol. The number of aromatic nitrogens is 3. The lowest BCUT2D eigenvalue weighted by atomic mass is 10.0. The van der Waals surface area contributed by atoms with E-state index in [1.54, 1.807) is 47.4 Å². The molecule has 33 heavy (non-hydrogen) atoms. The van der Waals surface area contributed by atoms with Crippen LogP contribution in [0, 0.1) is 10.1 Å². The molecule has 0 N–H and O–H groups in total. The van der Waals surface area contributed by atoms with Gasteiger partial charge >= 0.3 is 5.69 Å². The van der Waals surface area contributed by atoms with Crippen LogP contribution in [-0.2, 0) is 13.0 Å². The lowest BCUT2D eigenvalue weighted by molar-refractivity contribution is -0.383. The number of nitrogens with zero attached hydrogens (tertiary/aromatic N) is 5. The van der Waals surface area contributed by atoms with Gasteiger partial charge in [-0.2, -0.15) is 5.10 Å². The molecular formula is C22H15Cl2N5O4. The van der Waals surface area contributed by atoms with Crippen molar-refractivity contribution in [1.82, 2.24) is 19.1 Å². The molecule has 2 aromatic carbocycles. The Balaban J connectivity index is 1.66. The number of halogens is 2. The van der Waals surface area contributed by atoms with Gasteiger partial charge in [0.1, 0.15) is 6.20 Å². The van der Waals surface area contributed by atoms with E-state index in [2.05, 4.69) is 5.10 Å². The van der Waals surface area contributed by atoms with Crippen molar-refractivity contribution in [3.05, 3.63) is 102 Å². The molecule has 1 aliphatic heterocycles. The zero-order valence-corrected chi connectivity index (χ0v) is 18.5. The fourth-order valence-corrected chi connectivity index (χ4v) is 4.37. The molecule has 0 aliphatic carbocycles. The molecule has 0 bridgehead atoms. The van der Waals surface area contributed by atoms with Gasteiger partial charge in [0, 0.05) is 17.7 Å². The Morgan fingerprint density at radius 1 is 1.09 bits per heavy atom. The molecule has 11 heteroatoms. The SMILES string of the molecule is O=C(c1ccc(Cl)c(Cl)c1)N1CCc2c(n3ncc([N+](=O)[O-])c3n(-c3ccccc3)c2=O)C1. The number of para-hydroxylation sites is 1. The van der Waals surface area contributed by atoms with Crippen molar-refractivity contribution in [3.8, 4) is 5.69 Å². The number of benzene rings is 2. The Morgan fingerprint density at radius 3 is 2.55 bits per heavy atom. The van der Waals surface area contributed by atoms with Crippen LogP contribution in [0.3, 0.4) is 0 Å². The molecule has 0 saturated heterocycles. The summed E-state index contributed by atoms with van der Waals surface area (Å²) in [6.07, 6.45) is 1.39. The zero-order valence-electron chi connectivity index (χ0n) is 16.9. The molecule has 1 amide bonds. The van der Waals surface area contributed by atoms with Gasteiger partial charge in [-0.25, -0.2) is 4.52 Å². The number of amides is 1. The minimum absolute atomic E-state index is 0.0405. The fraction of sp³-hybridized carbons (Fsp3) is 0.136. The molecule has 0 unspecified atom stereocenters. The lowest BCUT2D eigenvalue weighted by Crippen LogP contribution is -2.41. The monoisotopic (exact) mass is 483 g/mol. The quantitative estimate of drug-likeness (QED) is 0.324. The van der Waals surface area contributed by atoms with Crippen molar-refractivity contribution in [2.24, 2.45) is 0 Å². The summed E-state index contributed by atoms with van der Waals surface area (Å²) in [5.74, 6) is -0.290. The van der Waals surface area contributed by atoms with Gasteiger partial charge in [0.2, 0.25) is 5.65 Å². The van der Waals surface area contributed by atoms with E-state index in [1.807, 2.05) is 0 Å². The van der Waals surface area contributed by atoms with Gasteiger partial charge < -0.3 is 4.90 Å². The predicted octanol–water partition coefficient (Wildman–Crippen LogP) is 3.90. The largest absolute Gasteiger partial charge is 0.332 e. The van der Waals surface area contributed by atoms with Gasteiger partial charge in [0.15, 0.2) is 0 Å². The standard InChI is InChI=1S/C22H15Cl2N5O4/c23-16-7-6-13(10-17(16)24)21(30)26-9-8-15-19(12-26)28-20(18(11-25-28)29(32)33)27(22(15)31)14-4-2-1-3-5-14/h1-7,10-11H,8-9,12H2. The van der Waals surface area contributed by atoms with Crippen LogP contribution in [0.4, 0.5) is 5.69 Å². The number of carbonyl (C=O) groups is 1. The smallest absolute Gasteiger partial charge is 0.332 e. The molecular weight excluding hydrogens is 469 g/mol. The third kappa shape index (κ3) is 3.46. The fourth-order valence-electron chi connectivity index (χ4n) is 4.07. The van der Waals surface area contributed by atoms with Gasteiger partial charge in [0.25, 0.3) is 11.5 Å². The van der Waals surface area contributed by atoms with Gasteiger partial charge in [-0.1, -0.05) is 41.4 Å². The lowest BCUT2D eigenvalue weighted by Gasteiger charge is -2.29. The molecule has 4 aromatic rings. The maximum Gasteiger partial charge on any atom is 0.332 e. The van der Waals surface area contributed by atoms with E-state index in [1.165, 1.54) is 15.1 Å². The summed E-state index contributed by atoms with van der Waals surface area (Å²) in [6, 6.07) is 13.3. The number of rotatable bonds is 3.